The minimum absolute atomic E-state index is 0.141. The van der Waals surface area contributed by atoms with E-state index < -0.39 is 10.6 Å². The van der Waals surface area contributed by atoms with E-state index >= 15 is 0 Å². The summed E-state index contributed by atoms with van der Waals surface area (Å²) in [5, 5.41) is 4.95. The Labute approximate surface area is 145 Å². The van der Waals surface area contributed by atoms with Crippen molar-refractivity contribution in [2.45, 2.75) is 11.3 Å². The van der Waals surface area contributed by atoms with Crippen molar-refractivity contribution >= 4 is 51.5 Å². The molecule has 1 aliphatic heterocycles. The number of halogens is 2. The van der Waals surface area contributed by atoms with Crippen LogP contribution in [-0.2, 0) is 11.2 Å². The average molecular weight is 370 g/mol. The highest BCUT2D eigenvalue weighted by Crippen LogP contribution is 2.56. The van der Waals surface area contributed by atoms with Gasteiger partial charge in [-0.1, -0.05) is 35.3 Å². The summed E-state index contributed by atoms with van der Waals surface area (Å²) in [4.78, 5) is 12.5. The van der Waals surface area contributed by atoms with Crippen LogP contribution in [0.1, 0.15) is 11.1 Å². The Kier molecular flexibility index (Phi) is 4.40. The van der Waals surface area contributed by atoms with Gasteiger partial charge in [0.2, 0.25) is 5.91 Å². The van der Waals surface area contributed by atoms with Crippen molar-refractivity contribution < 1.29 is 13.9 Å². The van der Waals surface area contributed by atoms with Crippen LogP contribution in [0.5, 0.6) is 0 Å². The van der Waals surface area contributed by atoms with E-state index in [2.05, 4.69) is 5.32 Å². The van der Waals surface area contributed by atoms with Crippen LogP contribution in [0.4, 0.5) is 5.69 Å². The van der Waals surface area contributed by atoms with Gasteiger partial charge >= 0.3 is 0 Å². The summed E-state index contributed by atoms with van der Waals surface area (Å²) in [5.41, 5.74) is 1.99. The second kappa shape index (κ2) is 6.19. The molecule has 0 unspecified atom stereocenters. The Balaban J connectivity index is 1.73. The van der Waals surface area contributed by atoms with Gasteiger partial charge in [-0.15, -0.1) is 10.6 Å². The number of fused-ring (bicyclic) bond motifs is 1. The lowest BCUT2D eigenvalue weighted by molar-refractivity contribution is -0.115. The molecule has 4 nitrogen and oxygen atoms in total. The summed E-state index contributed by atoms with van der Waals surface area (Å²) in [7, 11) is -2.90. The van der Waals surface area contributed by atoms with Gasteiger partial charge in [-0.05, 0) is 41.5 Å². The molecule has 0 spiro atoms. The molecule has 3 rings (SSSR count). The number of rotatable bonds is 3. The number of hydrogen-bond acceptors (Lipinski definition) is 3. The maximum Gasteiger partial charge on any atom is 0.228 e. The molecule has 23 heavy (non-hydrogen) atoms. The zero-order chi connectivity index (χ0) is 16.6. The van der Waals surface area contributed by atoms with E-state index in [1.807, 2.05) is 0 Å². The highest BCUT2D eigenvalue weighted by Gasteiger charge is 2.22. The largest absolute Gasteiger partial charge is 0.326 e. The van der Waals surface area contributed by atoms with E-state index in [0.29, 0.717) is 20.6 Å². The zero-order valence-corrected chi connectivity index (χ0v) is 14.1. The SMILES string of the molecule is O=C(Cc1ccc(Cl)c(Cl)c1)Nc1ccc2c(c1)S(O)(O)C=C2. The fraction of sp³-hybridized carbons (Fsp3) is 0.0625. The van der Waals surface area contributed by atoms with Gasteiger partial charge < -0.3 is 5.32 Å². The van der Waals surface area contributed by atoms with E-state index in [9.17, 15) is 13.9 Å². The first-order chi connectivity index (χ1) is 10.8. The number of hydrogen-bond donors (Lipinski definition) is 3. The number of carbonyl (C=O) groups excluding carboxylic acids is 1. The lowest BCUT2D eigenvalue weighted by atomic mass is 10.1. The third-order valence-electron chi connectivity index (χ3n) is 3.41. The highest BCUT2D eigenvalue weighted by molar-refractivity contribution is 8.27. The Bertz CT molecular complexity index is 821. The van der Waals surface area contributed by atoms with E-state index in [1.54, 1.807) is 42.5 Å². The van der Waals surface area contributed by atoms with E-state index in [4.69, 9.17) is 23.2 Å². The molecular formula is C16H13Cl2NO3S. The molecule has 0 saturated heterocycles. The van der Waals surface area contributed by atoms with Crippen LogP contribution in [-0.4, -0.2) is 15.0 Å². The second-order valence-corrected chi connectivity index (χ2v) is 7.83. The number of nitrogens with one attached hydrogen (secondary N) is 1. The molecule has 0 bridgehead atoms. The first-order valence-corrected chi connectivity index (χ1v) is 9.06. The van der Waals surface area contributed by atoms with Gasteiger partial charge in [0.25, 0.3) is 0 Å². The number of anilines is 1. The van der Waals surface area contributed by atoms with Crippen molar-refractivity contribution in [3.05, 3.63) is 63.0 Å². The molecule has 7 heteroatoms. The predicted molar refractivity (Wildman–Crippen MR) is 95.4 cm³/mol. The monoisotopic (exact) mass is 369 g/mol. The molecule has 1 aliphatic rings. The van der Waals surface area contributed by atoms with Crippen LogP contribution in [0.3, 0.4) is 0 Å². The van der Waals surface area contributed by atoms with E-state index in [1.165, 1.54) is 5.41 Å². The summed E-state index contributed by atoms with van der Waals surface area (Å²) in [5.74, 6) is -0.231. The number of carbonyl (C=O) groups is 1. The third-order valence-corrected chi connectivity index (χ3v) is 5.66. The molecule has 1 heterocycles. The zero-order valence-electron chi connectivity index (χ0n) is 11.8. The van der Waals surface area contributed by atoms with Gasteiger partial charge in [0, 0.05) is 11.1 Å². The first kappa shape index (κ1) is 16.4. The maximum absolute atomic E-state index is 12.1. The number of benzene rings is 2. The summed E-state index contributed by atoms with van der Waals surface area (Å²) < 4.78 is 19.8. The van der Waals surface area contributed by atoms with Crippen LogP contribution in [0.25, 0.3) is 6.08 Å². The topological polar surface area (TPSA) is 69.6 Å². The van der Waals surface area contributed by atoms with Crippen molar-refractivity contribution in [1.29, 1.82) is 0 Å². The molecule has 0 aliphatic carbocycles. The molecule has 0 radical (unpaired) electrons. The van der Waals surface area contributed by atoms with Gasteiger partial charge in [0.05, 0.1) is 21.4 Å². The van der Waals surface area contributed by atoms with Crippen molar-refractivity contribution in [2.24, 2.45) is 0 Å². The van der Waals surface area contributed by atoms with Crippen LogP contribution < -0.4 is 5.32 Å². The molecule has 3 N–H and O–H groups in total. The summed E-state index contributed by atoms with van der Waals surface area (Å²) in [6, 6.07) is 10.1. The normalized spacial score (nSPS) is 16.0. The standard InChI is InChI=1S/C16H13Cl2NO3S/c17-13-4-1-10(7-14(13)18)8-16(20)19-12-3-2-11-5-6-23(21,22)15(11)9-12/h1-7,9,21-22H,8H2,(H,19,20). The molecule has 120 valence electrons. The van der Waals surface area contributed by atoms with E-state index in [0.717, 1.165) is 11.1 Å². The molecule has 2 aromatic carbocycles. The van der Waals surface area contributed by atoms with Crippen molar-refractivity contribution in [2.75, 3.05) is 5.32 Å². The molecule has 0 aromatic heterocycles. The minimum atomic E-state index is -2.90. The minimum Gasteiger partial charge on any atom is -0.326 e. The highest BCUT2D eigenvalue weighted by atomic mass is 35.5. The number of amides is 1. The average Bonchev–Trinajstić information content (AvgIpc) is 2.78. The van der Waals surface area contributed by atoms with E-state index in [-0.39, 0.29) is 12.3 Å². The van der Waals surface area contributed by atoms with Crippen LogP contribution in [0.15, 0.2) is 46.7 Å². The molecule has 0 atom stereocenters. The lowest BCUT2D eigenvalue weighted by Gasteiger charge is -2.25. The Morgan fingerprint density at radius 2 is 1.87 bits per heavy atom. The summed E-state index contributed by atoms with van der Waals surface area (Å²) >= 11 is 11.8. The maximum atomic E-state index is 12.1. The van der Waals surface area contributed by atoms with Crippen molar-refractivity contribution in [3.8, 4) is 0 Å². The Morgan fingerprint density at radius 3 is 2.61 bits per heavy atom. The third kappa shape index (κ3) is 3.54. The summed E-state index contributed by atoms with van der Waals surface area (Å²) in [6.07, 6.45) is 1.80. The quantitative estimate of drug-likeness (QED) is 0.690. The van der Waals surface area contributed by atoms with Gasteiger partial charge in [-0.25, -0.2) is 0 Å². The van der Waals surface area contributed by atoms with Crippen molar-refractivity contribution in [1.82, 2.24) is 0 Å². The molecule has 2 aromatic rings. The lowest BCUT2D eigenvalue weighted by Crippen LogP contribution is -2.14. The molecule has 1 amide bonds. The van der Waals surface area contributed by atoms with Crippen LogP contribution >= 0.6 is 33.8 Å². The first-order valence-electron chi connectivity index (χ1n) is 6.69. The molecular weight excluding hydrogens is 357 g/mol. The smallest absolute Gasteiger partial charge is 0.228 e. The van der Waals surface area contributed by atoms with Gasteiger partial charge in [-0.3, -0.25) is 13.9 Å². The van der Waals surface area contributed by atoms with Gasteiger partial charge in [0.1, 0.15) is 0 Å². The van der Waals surface area contributed by atoms with Crippen molar-refractivity contribution in [3.63, 3.8) is 0 Å². The fourth-order valence-corrected chi connectivity index (χ4v) is 3.88. The van der Waals surface area contributed by atoms with Gasteiger partial charge in [0.15, 0.2) is 0 Å². The Morgan fingerprint density at radius 1 is 1.09 bits per heavy atom. The molecule has 0 saturated carbocycles. The predicted octanol–water partition coefficient (Wildman–Crippen LogP) is 5.27. The van der Waals surface area contributed by atoms with Crippen LogP contribution in [0, 0.1) is 0 Å². The summed E-state index contributed by atoms with van der Waals surface area (Å²) in [6.45, 7) is 0. The fourth-order valence-electron chi connectivity index (χ4n) is 2.29. The van der Waals surface area contributed by atoms with Crippen LogP contribution in [0.2, 0.25) is 10.0 Å². The van der Waals surface area contributed by atoms with Gasteiger partial charge in [-0.2, -0.15) is 0 Å². The second-order valence-electron chi connectivity index (χ2n) is 5.12. The Hall–Kier alpha value is -1.50. The molecule has 0 fully saturated rings.